The molecule has 0 bridgehead atoms. The Labute approximate surface area is 152 Å². The summed E-state index contributed by atoms with van der Waals surface area (Å²) in [7, 11) is 1.62. The maximum absolute atomic E-state index is 12.5. The van der Waals surface area contributed by atoms with Gasteiger partial charge in [0.25, 0.3) is 5.56 Å². The lowest BCUT2D eigenvalue weighted by molar-refractivity contribution is -0.124. The molecule has 7 heteroatoms. The Kier molecular flexibility index (Phi) is 5.55. The van der Waals surface area contributed by atoms with Crippen LogP contribution in [0.3, 0.4) is 0 Å². The molecule has 1 N–H and O–H groups in total. The van der Waals surface area contributed by atoms with Crippen molar-refractivity contribution in [3.63, 3.8) is 0 Å². The first-order valence-corrected chi connectivity index (χ1v) is 8.84. The lowest BCUT2D eigenvalue weighted by Gasteiger charge is -2.18. The van der Waals surface area contributed by atoms with E-state index in [2.05, 4.69) is 10.4 Å². The Hall–Kier alpha value is -2.83. The fourth-order valence-corrected chi connectivity index (χ4v) is 3.09. The van der Waals surface area contributed by atoms with E-state index >= 15 is 0 Å². The molecular weight excluding hydrogens is 332 g/mol. The summed E-state index contributed by atoms with van der Waals surface area (Å²) in [5.41, 5.74) is 1.63. The summed E-state index contributed by atoms with van der Waals surface area (Å²) in [6.07, 6.45) is 2.43. The van der Waals surface area contributed by atoms with Crippen LogP contribution in [0.1, 0.15) is 18.9 Å². The third-order valence-electron chi connectivity index (χ3n) is 4.55. The number of ether oxygens (including phenoxy) is 1. The Morgan fingerprint density at radius 2 is 2.23 bits per heavy atom. The van der Waals surface area contributed by atoms with Gasteiger partial charge >= 0.3 is 0 Å². The van der Waals surface area contributed by atoms with E-state index in [1.54, 1.807) is 19.3 Å². The second-order valence-electron chi connectivity index (χ2n) is 6.41. The molecule has 3 rings (SSSR count). The van der Waals surface area contributed by atoms with Gasteiger partial charge < -0.3 is 15.0 Å². The molecule has 1 atom stereocenters. The molecule has 1 aromatic heterocycles. The second kappa shape index (κ2) is 8.03. The number of hydrogen-bond acceptors (Lipinski definition) is 5. The van der Waals surface area contributed by atoms with Crippen LogP contribution in [0.25, 0.3) is 0 Å². The molecule has 1 aliphatic heterocycles. The molecule has 0 aliphatic carbocycles. The highest BCUT2D eigenvalue weighted by Gasteiger charge is 2.28. The molecule has 2 heterocycles. The van der Waals surface area contributed by atoms with Gasteiger partial charge in [0.1, 0.15) is 5.75 Å². The quantitative estimate of drug-likeness (QED) is 0.845. The van der Waals surface area contributed by atoms with Crippen LogP contribution in [0, 0.1) is 5.92 Å². The lowest BCUT2D eigenvalue weighted by atomic mass is 10.1. The summed E-state index contributed by atoms with van der Waals surface area (Å²) in [6, 6.07) is 9.30. The van der Waals surface area contributed by atoms with Gasteiger partial charge in [-0.25, -0.2) is 4.68 Å². The molecule has 1 saturated heterocycles. The molecule has 0 spiro atoms. The van der Waals surface area contributed by atoms with E-state index in [4.69, 9.17) is 4.74 Å². The highest BCUT2D eigenvalue weighted by atomic mass is 16.5. The first kappa shape index (κ1) is 18.0. The number of hydrogen-bond donors (Lipinski definition) is 1. The van der Waals surface area contributed by atoms with Crippen molar-refractivity contribution in [2.75, 3.05) is 24.6 Å². The fourth-order valence-electron chi connectivity index (χ4n) is 3.09. The lowest BCUT2D eigenvalue weighted by Crippen LogP contribution is -2.32. The van der Waals surface area contributed by atoms with E-state index in [0.29, 0.717) is 19.7 Å². The first-order chi connectivity index (χ1) is 12.6. The smallest absolute Gasteiger partial charge is 0.268 e. The monoisotopic (exact) mass is 356 g/mol. The van der Waals surface area contributed by atoms with Crippen LogP contribution >= 0.6 is 0 Å². The SMILES string of the molecule is CCOc1cccc(CNC(=O)C2CCN(c3cnn(C)c(=O)c3)C2)c1. The third-order valence-corrected chi connectivity index (χ3v) is 4.55. The molecular formula is C19H24N4O3. The summed E-state index contributed by atoms with van der Waals surface area (Å²) in [5, 5.41) is 7.04. The Bertz CT molecular complexity index is 834. The molecule has 26 heavy (non-hydrogen) atoms. The number of amides is 1. The van der Waals surface area contributed by atoms with Gasteiger partial charge in [-0.2, -0.15) is 5.10 Å². The number of benzene rings is 1. The van der Waals surface area contributed by atoms with Crippen LogP contribution in [0.4, 0.5) is 5.69 Å². The fraction of sp³-hybridized carbons (Fsp3) is 0.421. The van der Waals surface area contributed by atoms with Gasteiger partial charge in [-0.05, 0) is 31.0 Å². The van der Waals surface area contributed by atoms with Crippen LogP contribution < -0.4 is 20.5 Å². The Morgan fingerprint density at radius 1 is 1.38 bits per heavy atom. The van der Waals surface area contributed by atoms with Gasteiger partial charge in [-0.1, -0.05) is 12.1 Å². The van der Waals surface area contributed by atoms with E-state index in [-0.39, 0.29) is 17.4 Å². The average Bonchev–Trinajstić information content (AvgIpc) is 3.13. The summed E-state index contributed by atoms with van der Waals surface area (Å²) in [4.78, 5) is 26.2. The van der Waals surface area contributed by atoms with Gasteiger partial charge in [0.2, 0.25) is 5.91 Å². The van der Waals surface area contributed by atoms with Gasteiger partial charge in [-0.15, -0.1) is 0 Å². The van der Waals surface area contributed by atoms with Gasteiger partial charge in [-0.3, -0.25) is 9.59 Å². The number of carbonyl (C=O) groups is 1. The van der Waals surface area contributed by atoms with Crippen LogP contribution in [-0.2, 0) is 18.4 Å². The van der Waals surface area contributed by atoms with E-state index in [0.717, 1.165) is 30.0 Å². The van der Waals surface area contributed by atoms with Crippen molar-refractivity contribution < 1.29 is 9.53 Å². The molecule has 0 radical (unpaired) electrons. The topological polar surface area (TPSA) is 76.5 Å². The minimum absolute atomic E-state index is 0.0334. The third kappa shape index (κ3) is 4.22. The number of rotatable bonds is 6. The predicted octanol–water partition coefficient (Wildman–Crippen LogP) is 1.32. The van der Waals surface area contributed by atoms with Crippen molar-refractivity contribution in [3.05, 3.63) is 52.4 Å². The maximum Gasteiger partial charge on any atom is 0.268 e. The summed E-state index contributed by atoms with van der Waals surface area (Å²) < 4.78 is 6.77. The zero-order valence-electron chi connectivity index (χ0n) is 15.1. The van der Waals surface area contributed by atoms with Crippen molar-refractivity contribution in [3.8, 4) is 5.75 Å². The zero-order chi connectivity index (χ0) is 18.5. The van der Waals surface area contributed by atoms with E-state index in [9.17, 15) is 9.59 Å². The second-order valence-corrected chi connectivity index (χ2v) is 6.41. The summed E-state index contributed by atoms with van der Waals surface area (Å²) in [5.74, 6) is 0.754. The highest BCUT2D eigenvalue weighted by molar-refractivity contribution is 5.80. The maximum atomic E-state index is 12.5. The average molecular weight is 356 g/mol. The molecule has 1 amide bonds. The number of nitrogens with zero attached hydrogens (tertiary/aromatic N) is 3. The van der Waals surface area contributed by atoms with Gasteiger partial charge in [0.15, 0.2) is 0 Å². The first-order valence-electron chi connectivity index (χ1n) is 8.84. The molecule has 1 fully saturated rings. The highest BCUT2D eigenvalue weighted by Crippen LogP contribution is 2.22. The minimum atomic E-state index is -0.149. The standard InChI is InChI=1S/C19H24N4O3/c1-3-26-17-6-4-5-14(9-17)11-20-19(25)15-7-8-23(13-15)16-10-18(24)22(2)21-12-16/h4-6,9-10,12,15H,3,7-8,11,13H2,1-2H3,(H,20,25). The van der Waals surface area contributed by atoms with Crippen molar-refractivity contribution >= 4 is 11.6 Å². The number of carbonyl (C=O) groups excluding carboxylic acids is 1. The summed E-state index contributed by atoms with van der Waals surface area (Å²) >= 11 is 0. The van der Waals surface area contributed by atoms with Crippen LogP contribution in [-0.4, -0.2) is 35.4 Å². The number of aromatic nitrogens is 2. The predicted molar refractivity (Wildman–Crippen MR) is 99.3 cm³/mol. The van der Waals surface area contributed by atoms with E-state index in [1.807, 2.05) is 36.1 Å². The number of anilines is 1. The summed E-state index contributed by atoms with van der Waals surface area (Å²) in [6.45, 7) is 4.37. The van der Waals surface area contributed by atoms with Crippen molar-refractivity contribution in [1.29, 1.82) is 0 Å². The minimum Gasteiger partial charge on any atom is -0.494 e. The van der Waals surface area contributed by atoms with E-state index in [1.165, 1.54) is 4.68 Å². The van der Waals surface area contributed by atoms with E-state index < -0.39 is 0 Å². The molecule has 138 valence electrons. The van der Waals surface area contributed by atoms with Crippen LogP contribution in [0.5, 0.6) is 5.75 Å². The van der Waals surface area contributed by atoms with Gasteiger partial charge in [0.05, 0.1) is 24.4 Å². The Morgan fingerprint density at radius 3 is 3.00 bits per heavy atom. The normalized spacial score (nSPS) is 16.5. The molecule has 0 saturated carbocycles. The zero-order valence-corrected chi connectivity index (χ0v) is 15.1. The Balaban J connectivity index is 1.55. The molecule has 1 aliphatic rings. The van der Waals surface area contributed by atoms with Crippen molar-refractivity contribution in [2.45, 2.75) is 19.9 Å². The number of aryl methyl sites for hydroxylation is 1. The molecule has 7 nitrogen and oxygen atoms in total. The molecule has 2 aromatic rings. The molecule has 1 aromatic carbocycles. The molecule has 1 unspecified atom stereocenters. The van der Waals surface area contributed by atoms with Gasteiger partial charge in [0, 0.05) is 32.7 Å². The van der Waals surface area contributed by atoms with Crippen molar-refractivity contribution in [2.24, 2.45) is 13.0 Å². The largest absolute Gasteiger partial charge is 0.494 e. The van der Waals surface area contributed by atoms with Crippen LogP contribution in [0.2, 0.25) is 0 Å². The van der Waals surface area contributed by atoms with Crippen LogP contribution in [0.15, 0.2) is 41.3 Å². The number of nitrogens with one attached hydrogen (secondary N) is 1. The van der Waals surface area contributed by atoms with Crippen molar-refractivity contribution in [1.82, 2.24) is 15.1 Å².